The third kappa shape index (κ3) is 4.95. The summed E-state index contributed by atoms with van der Waals surface area (Å²) < 4.78 is 1.52. The van der Waals surface area contributed by atoms with Crippen LogP contribution in [0.25, 0.3) is 0 Å². The lowest BCUT2D eigenvalue weighted by molar-refractivity contribution is -0.150. The SMILES string of the molecule is CON=C(C(=O)NC1C(=O)N2C(C(=O)O)=C(CSc3nnnn3CCN)CS[C@H]12)c1nccc(N)n1. The second-order valence-corrected chi connectivity index (χ2v) is 9.36. The maximum Gasteiger partial charge on any atom is 0.352 e. The van der Waals surface area contributed by atoms with Crippen LogP contribution in [0.4, 0.5) is 5.82 Å². The molecule has 16 nitrogen and oxygen atoms in total. The van der Waals surface area contributed by atoms with Crippen LogP contribution in [-0.4, -0.2) is 100 Å². The molecule has 2 atom stereocenters. The van der Waals surface area contributed by atoms with Crippen molar-refractivity contribution in [3.63, 3.8) is 0 Å². The number of thioether (sulfide) groups is 2. The minimum Gasteiger partial charge on any atom is -0.477 e. The lowest BCUT2D eigenvalue weighted by atomic mass is 10.0. The van der Waals surface area contributed by atoms with Crippen LogP contribution in [-0.2, 0) is 25.8 Å². The van der Waals surface area contributed by atoms with Gasteiger partial charge in [-0.2, -0.15) is 0 Å². The lowest BCUT2D eigenvalue weighted by Crippen LogP contribution is -2.71. The average Bonchev–Trinajstić information content (AvgIpc) is 3.30. The Morgan fingerprint density at radius 3 is 2.94 bits per heavy atom. The van der Waals surface area contributed by atoms with Crippen molar-refractivity contribution in [1.82, 2.24) is 40.4 Å². The van der Waals surface area contributed by atoms with E-state index in [1.807, 2.05) is 0 Å². The first kappa shape index (κ1) is 25.3. The number of carbonyl (C=O) groups excluding carboxylic acids is 2. The number of carbonyl (C=O) groups is 3. The van der Waals surface area contributed by atoms with Gasteiger partial charge in [0.15, 0.2) is 5.82 Å². The summed E-state index contributed by atoms with van der Waals surface area (Å²) in [6, 6.07) is 0.456. The van der Waals surface area contributed by atoms with E-state index in [9.17, 15) is 19.5 Å². The van der Waals surface area contributed by atoms with Crippen molar-refractivity contribution >= 4 is 52.8 Å². The van der Waals surface area contributed by atoms with E-state index in [0.717, 1.165) is 0 Å². The highest BCUT2D eigenvalue weighted by atomic mass is 32.2. The third-order valence-corrected chi connectivity index (χ3v) is 7.42. The number of fused-ring (bicyclic) bond motifs is 1. The first-order valence-corrected chi connectivity index (χ1v) is 12.4. The van der Waals surface area contributed by atoms with Crippen molar-refractivity contribution < 1.29 is 24.3 Å². The molecule has 2 aromatic rings. The zero-order valence-corrected chi connectivity index (χ0v) is 20.4. The number of aromatic nitrogens is 6. The number of nitrogens with one attached hydrogen (secondary N) is 1. The zero-order valence-electron chi connectivity index (χ0n) is 18.8. The van der Waals surface area contributed by atoms with E-state index >= 15 is 0 Å². The van der Waals surface area contributed by atoms with Crippen molar-refractivity contribution in [2.24, 2.45) is 10.9 Å². The summed E-state index contributed by atoms with van der Waals surface area (Å²) in [5.41, 5.74) is 11.3. The Labute approximate surface area is 211 Å². The highest BCUT2D eigenvalue weighted by Crippen LogP contribution is 2.41. The summed E-state index contributed by atoms with van der Waals surface area (Å²) in [6.45, 7) is 0.757. The number of aliphatic carboxylic acids is 1. The molecule has 36 heavy (non-hydrogen) atoms. The van der Waals surface area contributed by atoms with Gasteiger partial charge in [-0.15, -0.1) is 16.9 Å². The number of anilines is 1. The predicted molar refractivity (Wildman–Crippen MR) is 127 cm³/mol. The van der Waals surface area contributed by atoms with Gasteiger partial charge in [0.05, 0.1) is 6.54 Å². The number of carboxylic acids is 1. The molecule has 190 valence electrons. The van der Waals surface area contributed by atoms with Crippen LogP contribution < -0.4 is 16.8 Å². The van der Waals surface area contributed by atoms with E-state index in [-0.39, 0.29) is 28.8 Å². The molecule has 2 aliphatic heterocycles. The fraction of sp³-hybridized carbons (Fsp3) is 0.389. The largest absolute Gasteiger partial charge is 0.477 e. The second kappa shape index (κ2) is 10.9. The molecule has 0 spiro atoms. The van der Waals surface area contributed by atoms with Crippen molar-refractivity contribution in [2.45, 2.75) is 23.1 Å². The van der Waals surface area contributed by atoms with Crippen molar-refractivity contribution in [1.29, 1.82) is 0 Å². The molecule has 4 heterocycles. The van der Waals surface area contributed by atoms with Crippen molar-refractivity contribution in [3.8, 4) is 0 Å². The third-order valence-electron chi connectivity index (χ3n) is 5.04. The van der Waals surface area contributed by atoms with Gasteiger partial charge in [0.2, 0.25) is 10.9 Å². The molecule has 0 bridgehead atoms. The van der Waals surface area contributed by atoms with Gasteiger partial charge in [-0.1, -0.05) is 16.9 Å². The van der Waals surface area contributed by atoms with Gasteiger partial charge < -0.3 is 26.7 Å². The Morgan fingerprint density at radius 1 is 1.44 bits per heavy atom. The van der Waals surface area contributed by atoms with Crippen LogP contribution in [0.3, 0.4) is 0 Å². The zero-order chi connectivity index (χ0) is 25.8. The summed E-state index contributed by atoms with van der Waals surface area (Å²) in [5, 5.41) is 27.3. The van der Waals surface area contributed by atoms with Gasteiger partial charge in [0, 0.05) is 24.2 Å². The van der Waals surface area contributed by atoms with Gasteiger partial charge in [-0.3, -0.25) is 14.5 Å². The van der Waals surface area contributed by atoms with Gasteiger partial charge in [-0.05, 0) is 22.1 Å². The number of rotatable bonds is 10. The monoisotopic (exact) mass is 535 g/mol. The van der Waals surface area contributed by atoms with E-state index < -0.39 is 29.2 Å². The number of nitrogens with zero attached hydrogens (tertiary/aromatic N) is 8. The van der Waals surface area contributed by atoms with Crippen LogP contribution in [0.15, 0.2) is 33.8 Å². The van der Waals surface area contributed by atoms with Gasteiger partial charge in [0.1, 0.15) is 30.0 Å². The smallest absolute Gasteiger partial charge is 0.352 e. The number of tetrazole rings is 1. The maximum absolute atomic E-state index is 13.0. The number of hydrogen-bond acceptors (Lipinski definition) is 14. The summed E-state index contributed by atoms with van der Waals surface area (Å²) in [7, 11) is 1.24. The molecule has 6 N–H and O–H groups in total. The molecule has 2 aliphatic rings. The van der Waals surface area contributed by atoms with Crippen LogP contribution in [0.5, 0.6) is 0 Å². The maximum atomic E-state index is 13.0. The molecule has 1 unspecified atom stereocenters. The fourth-order valence-electron chi connectivity index (χ4n) is 3.48. The van der Waals surface area contributed by atoms with Crippen molar-refractivity contribution in [2.75, 3.05) is 30.9 Å². The summed E-state index contributed by atoms with van der Waals surface area (Å²) in [6.07, 6.45) is 1.35. The van der Waals surface area contributed by atoms with Gasteiger partial charge >= 0.3 is 5.97 Å². The molecule has 18 heteroatoms. The highest BCUT2D eigenvalue weighted by Gasteiger charge is 2.54. The Bertz CT molecular complexity index is 1250. The summed E-state index contributed by atoms with van der Waals surface area (Å²) in [5.74, 6) is -1.98. The fourth-order valence-corrected chi connectivity index (χ4v) is 5.87. The number of carboxylic acid groups (broad SMARTS) is 1. The number of oxime groups is 1. The van der Waals surface area contributed by atoms with E-state index in [1.54, 1.807) is 0 Å². The Kier molecular flexibility index (Phi) is 7.65. The normalized spacial score (nSPS) is 19.6. The molecule has 4 rings (SSSR count). The van der Waals surface area contributed by atoms with Crippen LogP contribution >= 0.6 is 23.5 Å². The second-order valence-electron chi connectivity index (χ2n) is 7.31. The number of nitrogen functional groups attached to an aromatic ring is 1. The van der Waals surface area contributed by atoms with E-state index in [0.29, 0.717) is 29.6 Å². The Morgan fingerprint density at radius 2 is 2.25 bits per heavy atom. The molecule has 1 saturated heterocycles. The summed E-state index contributed by atoms with van der Waals surface area (Å²) in [4.78, 5) is 51.7. The van der Waals surface area contributed by atoms with Gasteiger partial charge in [0.25, 0.3) is 11.8 Å². The topological polar surface area (TPSA) is 230 Å². The molecule has 0 radical (unpaired) electrons. The van der Waals surface area contributed by atoms with E-state index in [2.05, 4.69) is 36.0 Å². The predicted octanol–water partition coefficient (Wildman–Crippen LogP) is -2.11. The highest BCUT2D eigenvalue weighted by molar-refractivity contribution is 8.01. The molecule has 0 aromatic carbocycles. The number of amides is 2. The lowest BCUT2D eigenvalue weighted by Gasteiger charge is -2.49. The first-order chi connectivity index (χ1) is 17.3. The summed E-state index contributed by atoms with van der Waals surface area (Å²) >= 11 is 2.57. The minimum atomic E-state index is -1.25. The van der Waals surface area contributed by atoms with Gasteiger partial charge in [-0.25, -0.2) is 19.4 Å². The number of hydrogen-bond donors (Lipinski definition) is 4. The Hall–Kier alpha value is -3.77. The van der Waals surface area contributed by atoms with E-state index in [1.165, 1.54) is 52.5 Å². The van der Waals surface area contributed by atoms with Crippen LogP contribution in [0.1, 0.15) is 5.82 Å². The van der Waals surface area contributed by atoms with Crippen molar-refractivity contribution in [3.05, 3.63) is 29.4 Å². The quantitative estimate of drug-likeness (QED) is 0.110. The van der Waals surface area contributed by atoms with Crippen LogP contribution in [0, 0.1) is 0 Å². The molecule has 0 saturated carbocycles. The minimum absolute atomic E-state index is 0.0864. The number of β-lactam (4-membered cyclic amide) rings is 1. The average molecular weight is 536 g/mol. The molecular formula is C18H21N11O5S2. The number of nitrogens with two attached hydrogens (primary N) is 2. The molecule has 0 aliphatic carbocycles. The molecule has 2 amide bonds. The molecular weight excluding hydrogens is 514 g/mol. The van der Waals surface area contributed by atoms with E-state index in [4.69, 9.17) is 16.3 Å². The van der Waals surface area contributed by atoms with Crippen LogP contribution in [0.2, 0.25) is 0 Å². The standard InChI is InChI=1S/C18H21N11O5S2/c1-34-25-10(13-21-4-2-9(20)22-13)14(30)23-11-15(31)29-12(17(32)33)8(6-35-16(11)29)7-36-18-24-26-27-28(18)5-3-19/h2,4,11,16H,3,5-7,19H2,1H3,(H,23,30)(H,32,33)(H2,20,21,22)/t11?,16-/m1/s1. The Balaban J connectivity index is 1.49. The molecule has 1 fully saturated rings. The first-order valence-electron chi connectivity index (χ1n) is 10.4. The molecule has 2 aromatic heterocycles.